The molecular formula is C13H20O12Si10. The number of hydrogen-bond donors (Lipinski definition) is 0. The standard InChI is InChI=1S/C13H20O12Si10/c1-11(14)24-13-9-5-4-7-12(13)8-6-10-35(2,3)25-27(16)29(18)31(20)33(22)34(23)32(21)30(19)28(17)26-15/h4-5,7,9,26H,6,8,10H2,1-3H3. The van der Waals surface area contributed by atoms with E-state index in [0.29, 0.717) is 24.6 Å². The maximum absolute atomic E-state index is 12.5. The van der Waals surface area contributed by atoms with Crippen molar-refractivity contribution in [3.8, 4) is 5.75 Å². The quantitative estimate of drug-likeness (QED) is 0.121. The third-order valence-electron chi connectivity index (χ3n) is 4.37. The molecule has 1 rings (SSSR count). The summed E-state index contributed by atoms with van der Waals surface area (Å²) < 4.78 is 118. The van der Waals surface area contributed by atoms with Crippen LogP contribution in [0.5, 0.6) is 5.75 Å². The monoisotopic (exact) mass is 648 g/mol. The van der Waals surface area contributed by atoms with Crippen molar-refractivity contribution in [1.29, 1.82) is 0 Å². The van der Waals surface area contributed by atoms with E-state index < -0.39 is 85.7 Å². The Bertz CT molecular complexity index is 1160. The highest BCUT2D eigenvalue weighted by Gasteiger charge is 2.50. The van der Waals surface area contributed by atoms with Crippen molar-refractivity contribution in [3.05, 3.63) is 29.8 Å². The number of hydrogen-bond acceptors (Lipinski definition) is 12. The average molecular weight is 649 g/mol. The first kappa shape index (κ1) is 31.9. The van der Waals surface area contributed by atoms with Crippen molar-refractivity contribution < 1.29 is 53.8 Å². The van der Waals surface area contributed by atoms with Crippen LogP contribution in [0.15, 0.2) is 24.3 Å². The Morgan fingerprint density at radius 2 is 1.37 bits per heavy atom. The van der Waals surface area contributed by atoms with Gasteiger partial charge in [0, 0.05) is 6.92 Å². The molecule has 0 fully saturated rings. The van der Waals surface area contributed by atoms with Gasteiger partial charge in [-0.05, 0) is 43.6 Å². The van der Waals surface area contributed by atoms with E-state index in [-0.39, 0.29) is 0 Å². The fraction of sp³-hybridized carbons (Fsp3) is 0.462. The lowest BCUT2D eigenvalue weighted by Gasteiger charge is -2.22. The summed E-state index contributed by atoms with van der Waals surface area (Å²) in [5, 5.41) is 0. The zero-order valence-corrected chi connectivity index (χ0v) is 29.1. The van der Waals surface area contributed by atoms with E-state index in [9.17, 15) is 45.0 Å². The molecule has 0 N–H and O–H groups in total. The predicted octanol–water partition coefficient (Wildman–Crippen LogP) is -1.53. The van der Waals surface area contributed by atoms with Gasteiger partial charge in [-0.25, -0.2) is 0 Å². The van der Waals surface area contributed by atoms with Crippen LogP contribution in [0.25, 0.3) is 0 Å². The number of rotatable bonds is 15. The molecule has 1 aromatic carbocycles. The second-order valence-corrected chi connectivity index (χ2v) is 50.0. The Balaban J connectivity index is 2.75. The van der Waals surface area contributed by atoms with Crippen LogP contribution >= 0.6 is 0 Å². The van der Waals surface area contributed by atoms with Crippen molar-refractivity contribution in [3.63, 3.8) is 0 Å². The number of ether oxygens (including phenoxy) is 1. The highest BCUT2D eigenvalue weighted by atomic mass is 30.0. The molecule has 0 atom stereocenters. The van der Waals surface area contributed by atoms with Crippen LogP contribution < -0.4 is 4.74 Å². The van der Waals surface area contributed by atoms with Crippen molar-refractivity contribution in [2.45, 2.75) is 38.9 Å². The summed E-state index contributed by atoms with van der Waals surface area (Å²) in [6.45, 7) is 4.67. The molecule has 0 saturated heterocycles. The molecule has 0 spiro atoms. The highest BCUT2D eigenvalue weighted by molar-refractivity contribution is 7.74. The molecular weight excluding hydrogens is 629 g/mol. The smallest absolute Gasteiger partial charge is 0.532 e. The van der Waals surface area contributed by atoms with Crippen LogP contribution in [0.3, 0.4) is 0 Å². The second kappa shape index (κ2) is 14.6. The van der Waals surface area contributed by atoms with Crippen molar-refractivity contribution >= 4 is 85.7 Å². The molecule has 0 saturated carbocycles. The molecule has 0 aromatic heterocycles. The largest absolute Gasteiger partial charge is 0.578 e. The SMILES string of the molecule is CC(=O)Oc1ccccc1CCC[Si](C)(C)O[Si](=O)[Si](=O)[Si](=O)[Si](=O)[Si](=O)[Si](=O)[Si](=O)[Si](=O)[SiH]=O. The Kier molecular flexibility index (Phi) is 13.3. The van der Waals surface area contributed by atoms with E-state index in [2.05, 4.69) is 0 Å². The number of carbonyl (C=O) groups is 1. The van der Waals surface area contributed by atoms with Gasteiger partial charge in [-0.15, -0.1) is 0 Å². The number of aryl methyl sites for hydroxylation is 1. The summed E-state index contributed by atoms with van der Waals surface area (Å²) in [7, 11) is -33.3. The molecule has 0 aliphatic carbocycles. The summed E-state index contributed by atoms with van der Waals surface area (Å²) in [6, 6.07) is 7.39. The maximum Gasteiger partial charge on any atom is 0.532 e. The minimum Gasteiger partial charge on any atom is -0.578 e. The lowest BCUT2D eigenvalue weighted by atomic mass is 10.1. The van der Waals surface area contributed by atoms with Crippen molar-refractivity contribution in [1.82, 2.24) is 0 Å². The van der Waals surface area contributed by atoms with Gasteiger partial charge in [0.25, 0.3) is 0 Å². The summed E-state index contributed by atoms with van der Waals surface area (Å²) >= 11 is 0. The van der Waals surface area contributed by atoms with Gasteiger partial charge in [0.1, 0.15) is 5.75 Å². The van der Waals surface area contributed by atoms with Gasteiger partial charge in [-0.3, -0.25) is 4.79 Å². The van der Waals surface area contributed by atoms with E-state index in [1.807, 2.05) is 0 Å². The topological polar surface area (TPSA) is 189 Å². The Morgan fingerprint density at radius 3 is 1.91 bits per heavy atom. The minimum atomic E-state index is -3.76. The molecule has 22 heteroatoms. The molecule has 0 amide bonds. The van der Waals surface area contributed by atoms with E-state index >= 15 is 0 Å². The van der Waals surface area contributed by atoms with Gasteiger partial charge in [-0.2, -0.15) is 0 Å². The number of para-hydroxylation sites is 1. The molecule has 0 aliphatic heterocycles. The Morgan fingerprint density at radius 1 is 0.857 bits per heavy atom. The molecule has 12 nitrogen and oxygen atoms in total. The van der Waals surface area contributed by atoms with Crippen LogP contribution in [-0.4, -0.2) is 85.7 Å². The Hall–Kier alpha value is -1.14. The average Bonchev–Trinajstić information content (AvgIpc) is 2.80. The zero-order valence-electron chi connectivity index (χ0n) is 18.9. The van der Waals surface area contributed by atoms with E-state index in [1.54, 1.807) is 37.4 Å². The molecule has 0 aliphatic rings. The van der Waals surface area contributed by atoms with Gasteiger partial charge < -0.3 is 49.0 Å². The minimum absolute atomic E-state index is 0.418. The van der Waals surface area contributed by atoms with Gasteiger partial charge in [0.05, 0.1) is 0 Å². The molecule has 0 radical (unpaired) electrons. The first-order valence-electron chi connectivity index (χ1n) is 9.96. The summed E-state index contributed by atoms with van der Waals surface area (Å²) in [5.41, 5.74) is 0.776. The number of esters is 1. The van der Waals surface area contributed by atoms with Gasteiger partial charge in [0.2, 0.25) is 8.32 Å². The van der Waals surface area contributed by atoms with Crippen LogP contribution in [-0.2, 0) is 55.5 Å². The third-order valence-corrected chi connectivity index (χ3v) is 63.9. The fourth-order valence-electron chi connectivity index (χ4n) is 2.69. The van der Waals surface area contributed by atoms with E-state index in [1.165, 1.54) is 6.92 Å². The van der Waals surface area contributed by atoms with Crippen LogP contribution in [0.4, 0.5) is 0 Å². The second-order valence-electron chi connectivity index (χ2n) is 7.66. The molecule has 0 bridgehead atoms. The summed E-state index contributed by atoms with van der Waals surface area (Å²) in [4.78, 5) is 11.2. The molecule has 0 heterocycles. The highest BCUT2D eigenvalue weighted by Crippen LogP contribution is 2.23. The first-order chi connectivity index (χ1) is 16.2. The number of benzene rings is 1. The zero-order chi connectivity index (χ0) is 26.9. The summed E-state index contributed by atoms with van der Waals surface area (Å²) in [5.74, 6) is -0.0448. The van der Waals surface area contributed by atoms with Gasteiger partial charge in [-0.1, -0.05) is 18.2 Å². The third kappa shape index (κ3) is 10.0. The van der Waals surface area contributed by atoms with Crippen LogP contribution in [0, 0.1) is 0 Å². The van der Waals surface area contributed by atoms with E-state index in [0.717, 1.165) is 5.56 Å². The first-order valence-corrected chi connectivity index (χ1v) is 33.5. The lowest BCUT2D eigenvalue weighted by molar-refractivity contribution is -0.131. The fourth-order valence-corrected chi connectivity index (χ4v) is 81.8. The Labute approximate surface area is 213 Å². The normalized spacial score (nSPS) is 10.5. The molecule has 184 valence electrons. The molecule has 0 unspecified atom stereocenters. The molecule has 35 heavy (non-hydrogen) atoms. The maximum atomic E-state index is 12.5. The van der Waals surface area contributed by atoms with Crippen molar-refractivity contribution in [2.24, 2.45) is 0 Å². The van der Waals surface area contributed by atoms with Crippen LogP contribution in [0.1, 0.15) is 18.9 Å². The lowest BCUT2D eigenvalue weighted by Crippen LogP contribution is -2.52. The van der Waals surface area contributed by atoms with Crippen molar-refractivity contribution in [2.75, 3.05) is 0 Å². The molecule has 1 aromatic rings. The predicted molar refractivity (Wildman–Crippen MR) is 129 cm³/mol. The van der Waals surface area contributed by atoms with Gasteiger partial charge >= 0.3 is 77.4 Å². The van der Waals surface area contributed by atoms with E-state index in [4.69, 9.17) is 8.85 Å². The van der Waals surface area contributed by atoms with Gasteiger partial charge in [0.15, 0.2) is 0 Å². The summed E-state index contributed by atoms with van der Waals surface area (Å²) in [6.07, 6.45) is 1.05. The number of carbonyl (C=O) groups excluding carboxylic acids is 1. The van der Waals surface area contributed by atoms with Crippen LogP contribution in [0.2, 0.25) is 19.1 Å².